The van der Waals surface area contributed by atoms with Gasteiger partial charge in [-0.1, -0.05) is 211 Å². The minimum atomic E-state index is -5.03. The molecule has 0 aliphatic rings. The van der Waals surface area contributed by atoms with Crippen LogP contribution >= 0.6 is 0 Å². The maximum atomic E-state index is 13.1. The van der Waals surface area contributed by atoms with Gasteiger partial charge in [-0.2, -0.15) is 0 Å². The second-order valence-electron chi connectivity index (χ2n) is 17.8. The van der Waals surface area contributed by atoms with E-state index in [1.54, 1.807) is 0 Å². The van der Waals surface area contributed by atoms with E-state index >= 15 is 0 Å². The molecule has 1 rings (SSSR count). The van der Waals surface area contributed by atoms with Gasteiger partial charge < -0.3 is 14.0 Å². The molecule has 0 aliphatic carbocycles. The van der Waals surface area contributed by atoms with E-state index < -0.39 is 32.5 Å². The van der Waals surface area contributed by atoms with Crippen LogP contribution in [0.25, 0.3) is 0 Å². The monoisotopic (exact) mass is 909 g/mol. The first-order chi connectivity index (χ1) is 30.3. The van der Waals surface area contributed by atoms with Gasteiger partial charge in [0.05, 0.1) is 29.2 Å². The Morgan fingerprint density at radius 1 is 0.444 bits per heavy atom. The Morgan fingerprint density at radius 2 is 0.730 bits per heavy atom. The number of esters is 2. The van der Waals surface area contributed by atoms with Crippen LogP contribution in [0.15, 0.2) is 47.4 Å². The Kier molecular flexibility index (Phi) is 44.6. The van der Waals surface area contributed by atoms with Crippen molar-refractivity contribution in [3.8, 4) is 0 Å². The Morgan fingerprint density at radius 3 is 1.05 bits per heavy atom. The summed E-state index contributed by atoms with van der Waals surface area (Å²) in [5.41, 5.74) is -0.801. The second-order valence-corrected chi connectivity index (χ2v) is 19.2. The zero-order valence-electron chi connectivity index (χ0n) is 41.1. The molecule has 0 radical (unpaired) electrons. The summed E-state index contributed by atoms with van der Waals surface area (Å²) >= 11 is 0. The van der Waals surface area contributed by atoms with Crippen LogP contribution in [-0.2, 0) is 19.6 Å². The number of allylic oxidation sites excluding steroid dienone is 4. The van der Waals surface area contributed by atoms with E-state index in [0.717, 1.165) is 57.4 Å². The van der Waals surface area contributed by atoms with Crippen molar-refractivity contribution in [2.45, 2.75) is 263 Å². The Hall–Kier alpha value is -1.45. The van der Waals surface area contributed by atoms with Gasteiger partial charge in [-0.05, 0) is 89.2 Å². The third kappa shape index (κ3) is 37.3. The first-order valence-corrected chi connectivity index (χ1v) is 27.5. The number of rotatable bonds is 45. The van der Waals surface area contributed by atoms with Gasteiger partial charge in [0.15, 0.2) is 0 Å². The molecular formula is C54H93NaO7S. The molecule has 0 N–H and O–H groups in total. The van der Waals surface area contributed by atoms with Crippen LogP contribution in [0.1, 0.15) is 279 Å². The van der Waals surface area contributed by atoms with Crippen molar-refractivity contribution in [3.05, 3.63) is 53.6 Å². The van der Waals surface area contributed by atoms with E-state index in [4.69, 9.17) is 9.47 Å². The second kappa shape index (κ2) is 45.7. The number of hydrogen-bond acceptors (Lipinski definition) is 7. The van der Waals surface area contributed by atoms with Gasteiger partial charge in [0.2, 0.25) is 0 Å². The van der Waals surface area contributed by atoms with Crippen LogP contribution in [0.5, 0.6) is 0 Å². The molecule has 0 saturated heterocycles. The molecule has 0 aromatic heterocycles. The quantitative estimate of drug-likeness (QED) is 0.0211. The molecule has 358 valence electrons. The first kappa shape index (κ1) is 61.5. The molecule has 0 bridgehead atoms. The van der Waals surface area contributed by atoms with Crippen molar-refractivity contribution in [1.82, 2.24) is 0 Å². The van der Waals surface area contributed by atoms with Crippen molar-refractivity contribution in [3.63, 3.8) is 0 Å². The molecule has 0 atom stereocenters. The summed E-state index contributed by atoms with van der Waals surface area (Å²) in [7, 11) is -5.03. The largest absolute Gasteiger partial charge is 1.00 e. The summed E-state index contributed by atoms with van der Waals surface area (Å²) in [5, 5.41) is 0. The van der Waals surface area contributed by atoms with Crippen molar-refractivity contribution in [2.75, 3.05) is 13.2 Å². The van der Waals surface area contributed by atoms with Crippen LogP contribution in [0.3, 0.4) is 0 Å². The third-order valence-corrected chi connectivity index (χ3v) is 12.9. The van der Waals surface area contributed by atoms with Crippen molar-refractivity contribution in [2.24, 2.45) is 0 Å². The summed E-state index contributed by atoms with van der Waals surface area (Å²) in [6.45, 7) is 4.75. The van der Waals surface area contributed by atoms with Crippen molar-refractivity contribution in [1.29, 1.82) is 0 Å². The molecule has 0 heterocycles. The molecule has 0 fully saturated rings. The molecule has 0 spiro atoms. The summed E-state index contributed by atoms with van der Waals surface area (Å²) in [6.07, 6.45) is 56.4. The average Bonchev–Trinajstić information content (AvgIpc) is 3.26. The third-order valence-electron chi connectivity index (χ3n) is 12.0. The summed E-state index contributed by atoms with van der Waals surface area (Å²) in [6, 6.07) is 3.62. The SMILES string of the molecule is CCCCCCCCCCCCCCCC/C=C/CCCCCOC(=O)c1cccc(S(=O)(=O)[O-])c1C(=O)OCCCCC/C=C/CCCCCCCCCCCCCCCC.[Na+]. The average molecular weight is 909 g/mol. The topological polar surface area (TPSA) is 110 Å². The van der Waals surface area contributed by atoms with Crippen LogP contribution in [0.2, 0.25) is 0 Å². The fourth-order valence-corrected chi connectivity index (χ4v) is 8.76. The molecule has 0 saturated carbocycles. The van der Waals surface area contributed by atoms with Crippen molar-refractivity contribution < 1.29 is 61.6 Å². The smallest absolute Gasteiger partial charge is 0.744 e. The van der Waals surface area contributed by atoms with Gasteiger partial charge in [0.1, 0.15) is 10.1 Å². The van der Waals surface area contributed by atoms with Gasteiger partial charge in [-0.15, -0.1) is 0 Å². The van der Waals surface area contributed by atoms with Gasteiger partial charge in [0.25, 0.3) is 0 Å². The summed E-state index contributed by atoms with van der Waals surface area (Å²) < 4.78 is 46.9. The van der Waals surface area contributed by atoms with E-state index in [1.165, 1.54) is 192 Å². The first-order valence-electron chi connectivity index (χ1n) is 26.1. The molecule has 1 aromatic rings. The van der Waals surface area contributed by atoms with E-state index in [0.29, 0.717) is 12.8 Å². The normalized spacial score (nSPS) is 11.7. The van der Waals surface area contributed by atoms with E-state index in [2.05, 4.69) is 38.2 Å². The Balaban J connectivity index is 0.0000384. The van der Waals surface area contributed by atoms with Gasteiger partial charge in [-0.25, -0.2) is 18.0 Å². The Bertz CT molecular complexity index is 1380. The fraction of sp³-hybridized carbons (Fsp3) is 0.778. The summed E-state index contributed by atoms with van der Waals surface area (Å²) in [4.78, 5) is 25.3. The number of carbonyl (C=O) groups excluding carboxylic acids is 2. The van der Waals surface area contributed by atoms with E-state index in [1.807, 2.05) is 0 Å². The minimum Gasteiger partial charge on any atom is -0.744 e. The zero-order chi connectivity index (χ0) is 45.0. The number of unbranched alkanes of at least 4 members (excludes halogenated alkanes) is 34. The molecule has 1 aromatic carbocycles. The molecule has 0 unspecified atom stereocenters. The van der Waals surface area contributed by atoms with Gasteiger partial charge in [0, 0.05) is 0 Å². The Labute approximate surface area is 410 Å². The van der Waals surface area contributed by atoms with Crippen LogP contribution in [0.4, 0.5) is 0 Å². The number of ether oxygens (including phenoxy) is 2. The zero-order valence-corrected chi connectivity index (χ0v) is 43.9. The van der Waals surface area contributed by atoms with Gasteiger partial charge in [-0.3, -0.25) is 0 Å². The standard InChI is InChI=1S/C54H94O7S.Na/c1-3-5-7-9-11-13-15-17-19-21-23-25-27-29-31-33-35-37-39-41-43-48-60-53(55)50-46-45-47-51(62(57,58)59)52(50)54(56)61-49-44-42-40-38-36-34-32-30-28-26-24-22-20-18-16-14-12-10-8-6-4-2;/h33-36,45-47H,3-32,37-44,48-49H2,1-2H3,(H,57,58,59);/q;+1/p-1/b35-33+,36-34+;. The van der Waals surface area contributed by atoms with E-state index in [-0.39, 0.29) is 48.3 Å². The van der Waals surface area contributed by atoms with Crippen LogP contribution < -0.4 is 29.6 Å². The molecule has 63 heavy (non-hydrogen) atoms. The van der Waals surface area contributed by atoms with Gasteiger partial charge >= 0.3 is 41.5 Å². The predicted octanol–water partition coefficient (Wildman–Crippen LogP) is 13.9. The maximum Gasteiger partial charge on any atom is 1.00 e. The van der Waals surface area contributed by atoms with Crippen molar-refractivity contribution >= 4 is 22.1 Å². The number of hydrogen-bond donors (Lipinski definition) is 0. The van der Waals surface area contributed by atoms with Crippen LogP contribution in [-0.4, -0.2) is 38.1 Å². The summed E-state index contributed by atoms with van der Waals surface area (Å²) in [5.74, 6) is -1.84. The van der Waals surface area contributed by atoms with Crippen LogP contribution in [0, 0.1) is 0 Å². The number of carbonyl (C=O) groups is 2. The molecular weight excluding hydrogens is 816 g/mol. The molecule has 7 nitrogen and oxygen atoms in total. The molecule has 0 aliphatic heterocycles. The predicted molar refractivity (Wildman–Crippen MR) is 260 cm³/mol. The molecule has 0 amide bonds. The molecule has 9 heteroatoms. The maximum absolute atomic E-state index is 13.1. The fourth-order valence-electron chi connectivity index (χ4n) is 8.07. The minimum absolute atomic E-state index is 0. The number of benzene rings is 1. The van der Waals surface area contributed by atoms with E-state index in [9.17, 15) is 22.6 Å².